The third-order valence-corrected chi connectivity index (χ3v) is 8.44. The van der Waals surface area contributed by atoms with Crippen LogP contribution in [0.2, 0.25) is 0 Å². The van der Waals surface area contributed by atoms with Gasteiger partial charge in [0.2, 0.25) is 5.78 Å². The molecule has 4 atom stereocenters. The van der Waals surface area contributed by atoms with E-state index in [1.165, 1.54) is 4.90 Å². The van der Waals surface area contributed by atoms with E-state index in [2.05, 4.69) is 0 Å². The molecule has 0 radical (unpaired) electrons. The first kappa shape index (κ1) is 27.2. The molecular formula is C29H32N4O7. The second-order valence-electron chi connectivity index (χ2n) is 11.1. The molecule has 0 spiro atoms. The smallest absolute Gasteiger partial charge is 0.255 e. The Hall–Kier alpha value is -4.35. The molecule has 0 heterocycles. The van der Waals surface area contributed by atoms with E-state index >= 15 is 0 Å². The Morgan fingerprint density at radius 2 is 1.68 bits per heavy atom. The summed E-state index contributed by atoms with van der Waals surface area (Å²) in [6.45, 7) is 0. The number of carbonyl (C=O) groups is 3. The first-order chi connectivity index (χ1) is 18.7. The van der Waals surface area contributed by atoms with Crippen LogP contribution >= 0.6 is 0 Å². The molecule has 1 saturated carbocycles. The Labute approximate surface area is 230 Å². The lowest BCUT2D eigenvalue weighted by molar-refractivity contribution is -0.153. The van der Waals surface area contributed by atoms with Crippen LogP contribution < -0.4 is 16.4 Å². The average Bonchev–Trinajstić information content (AvgIpc) is 2.88. The standard InChI is InChI=1S/C29H32N4O7/c1-32(2)14-7-5-12(6-8-14)15-11-18(30)23(34)20-16(15)9-13-10-17-22(33(3)4)25(36)21(28(31)39)27(38)29(17,40)26(37)19(13)24(20)35/h5-8,11,13,17,22,34-35,38,40H,9-10,30H2,1-4H3,(H2,31,39)/t13-,17+,22?,29+/m1/s1. The second kappa shape index (κ2) is 9.10. The number of nitrogen functional groups attached to an aromatic ring is 1. The van der Waals surface area contributed by atoms with Gasteiger partial charge in [-0.3, -0.25) is 19.3 Å². The molecule has 1 amide bonds. The van der Waals surface area contributed by atoms with E-state index in [1.807, 2.05) is 43.3 Å². The molecule has 8 N–H and O–H groups in total. The number of aromatic hydroxyl groups is 1. The van der Waals surface area contributed by atoms with E-state index in [-0.39, 0.29) is 29.7 Å². The number of benzene rings is 2. The number of rotatable bonds is 4. The highest BCUT2D eigenvalue weighted by Crippen LogP contribution is 2.54. The van der Waals surface area contributed by atoms with Gasteiger partial charge in [0.25, 0.3) is 5.91 Å². The van der Waals surface area contributed by atoms with Gasteiger partial charge in [-0.05, 0) is 67.7 Å². The van der Waals surface area contributed by atoms with E-state index in [0.29, 0.717) is 11.1 Å². The molecule has 5 rings (SSSR count). The fourth-order valence-corrected chi connectivity index (χ4v) is 6.53. The molecule has 3 aliphatic rings. The van der Waals surface area contributed by atoms with E-state index in [9.17, 15) is 34.8 Å². The zero-order valence-electron chi connectivity index (χ0n) is 22.6. The van der Waals surface area contributed by atoms with Crippen LogP contribution in [-0.2, 0) is 20.8 Å². The normalized spacial score (nSPS) is 26.0. The molecule has 1 unspecified atom stereocenters. The molecule has 0 aromatic heterocycles. The Kier molecular flexibility index (Phi) is 6.20. The number of amides is 1. The summed E-state index contributed by atoms with van der Waals surface area (Å²) in [4.78, 5) is 42.8. The summed E-state index contributed by atoms with van der Waals surface area (Å²) in [5.41, 5.74) is 10.6. The minimum absolute atomic E-state index is 0.00983. The van der Waals surface area contributed by atoms with E-state index in [0.717, 1.165) is 11.3 Å². The summed E-state index contributed by atoms with van der Waals surface area (Å²) in [7, 11) is 6.95. The lowest BCUT2D eigenvalue weighted by Crippen LogP contribution is -2.65. The topological polar surface area (TPSA) is 191 Å². The third-order valence-electron chi connectivity index (χ3n) is 8.44. The molecule has 11 heteroatoms. The first-order valence-corrected chi connectivity index (χ1v) is 12.8. The number of nitrogens with zero attached hydrogens (tertiary/aromatic N) is 2. The van der Waals surface area contributed by atoms with Gasteiger partial charge in [0.05, 0.1) is 17.3 Å². The van der Waals surface area contributed by atoms with Gasteiger partial charge < -0.3 is 36.8 Å². The molecular weight excluding hydrogens is 516 g/mol. The Balaban J connectivity index is 1.73. The van der Waals surface area contributed by atoms with Crippen LogP contribution in [0.3, 0.4) is 0 Å². The summed E-state index contributed by atoms with van der Waals surface area (Å²) in [5, 5.41) is 45.1. The third kappa shape index (κ3) is 3.61. The van der Waals surface area contributed by atoms with Crippen LogP contribution in [0, 0.1) is 11.8 Å². The van der Waals surface area contributed by atoms with E-state index in [4.69, 9.17) is 11.5 Å². The van der Waals surface area contributed by atoms with Crippen LogP contribution in [-0.4, -0.2) is 82.6 Å². The average molecular weight is 549 g/mol. The van der Waals surface area contributed by atoms with Crippen molar-refractivity contribution < 1.29 is 34.8 Å². The summed E-state index contributed by atoms with van der Waals surface area (Å²) in [6, 6.07) is 8.07. The Morgan fingerprint density at radius 1 is 1.05 bits per heavy atom. The van der Waals surface area contributed by atoms with Gasteiger partial charge >= 0.3 is 0 Å². The van der Waals surface area contributed by atoms with Crippen LogP contribution in [0.25, 0.3) is 16.9 Å². The zero-order chi connectivity index (χ0) is 29.4. The highest BCUT2D eigenvalue weighted by Gasteiger charge is 2.64. The largest absolute Gasteiger partial charge is 0.508 e. The van der Waals surface area contributed by atoms with Crippen molar-refractivity contribution in [2.24, 2.45) is 17.6 Å². The van der Waals surface area contributed by atoms with Crippen LogP contribution in [0.4, 0.5) is 11.4 Å². The number of aliphatic hydroxyl groups excluding tert-OH is 2. The lowest BCUT2D eigenvalue weighted by atomic mass is 9.57. The number of nitrogens with two attached hydrogens (primary N) is 2. The molecule has 40 heavy (non-hydrogen) atoms. The minimum atomic E-state index is -2.69. The van der Waals surface area contributed by atoms with Gasteiger partial charge in [-0.25, -0.2) is 0 Å². The van der Waals surface area contributed by atoms with Gasteiger partial charge in [-0.15, -0.1) is 0 Å². The molecule has 0 bridgehead atoms. The number of aliphatic hydroxyl groups is 3. The van der Waals surface area contributed by atoms with Crippen molar-refractivity contribution in [1.29, 1.82) is 0 Å². The minimum Gasteiger partial charge on any atom is -0.508 e. The number of ketones is 2. The number of phenols is 1. The number of hydrogen-bond donors (Lipinski definition) is 6. The molecule has 2 aromatic rings. The Morgan fingerprint density at radius 3 is 2.23 bits per heavy atom. The number of primary amides is 1. The predicted molar refractivity (Wildman–Crippen MR) is 148 cm³/mol. The number of fused-ring (bicyclic) bond motifs is 3. The van der Waals surface area contributed by atoms with Gasteiger partial charge in [0.15, 0.2) is 11.4 Å². The van der Waals surface area contributed by atoms with Crippen LogP contribution in [0.5, 0.6) is 5.75 Å². The van der Waals surface area contributed by atoms with Crippen molar-refractivity contribution in [2.45, 2.75) is 24.5 Å². The van der Waals surface area contributed by atoms with E-state index in [1.54, 1.807) is 20.2 Å². The van der Waals surface area contributed by atoms with Crippen molar-refractivity contribution in [3.8, 4) is 16.9 Å². The molecule has 0 saturated heterocycles. The van der Waals surface area contributed by atoms with Crippen molar-refractivity contribution in [3.05, 3.63) is 58.4 Å². The number of phenolic OH excluding ortho intramolecular Hbond substituents is 1. The molecule has 2 aromatic carbocycles. The summed E-state index contributed by atoms with van der Waals surface area (Å²) in [6.07, 6.45) is 0.184. The highest BCUT2D eigenvalue weighted by atomic mass is 16.3. The summed E-state index contributed by atoms with van der Waals surface area (Å²) < 4.78 is 0. The summed E-state index contributed by atoms with van der Waals surface area (Å²) in [5.74, 6) is -7.07. The van der Waals surface area contributed by atoms with Crippen LogP contribution in [0.1, 0.15) is 17.5 Å². The number of carbonyl (C=O) groups excluding carboxylic acids is 3. The summed E-state index contributed by atoms with van der Waals surface area (Å²) >= 11 is 0. The van der Waals surface area contributed by atoms with E-state index < -0.39 is 63.8 Å². The Bertz CT molecular complexity index is 1540. The van der Waals surface area contributed by atoms with Gasteiger partial charge in [-0.2, -0.15) is 0 Å². The molecule has 1 fully saturated rings. The lowest BCUT2D eigenvalue weighted by Gasteiger charge is -2.50. The molecule has 0 aliphatic heterocycles. The van der Waals surface area contributed by atoms with Crippen LogP contribution in [0.15, 0.2) is 47.2 Å². The maximum atomic E-state index is 14.0. The van der Waals surface area contributed by atoms with Crippen molar-refractivity contribution >= 4 is 34.6 Å². The quantitative estimate of drug-likeness (QED) is 0.184. The first-order valence-electron chi connectivity index (χ1n) is 12.8. The van der Waals surface area contributed by atoms with Gasteiger partial charge in [0.1, 0.15) is 22.8 Å². The van der Waals surface area contributed by atoms with Gasteiger partial charge in [0, 0.05) is 31.3 Å². The zero-order valence-corrected chi connectivity index (χ0v) is 22.6. The fraction of sp³-hybridized carbons (Fsp3) is 0.345. The maximum Gasteiger partial charge on any atom is 0.255 e. The van der Waals surface area contributed by atoms with Crippen molar-refractivity contribution in [1.82, 2.24) is 4.90 Å². The van der Waals surface area contributed by atoms with Gasteiger partial charge in [-0.1, -0.05) is 12.1 Å². The number of likely N-dealkylation sites (N-methyl/N-ethyl adjacent to an activating group) is 1. The second-order valence-corrected chi connectivity index (χ2v) is 11.1. The maximum absolute atomic E-state index is 14.0. The number of Topliss-reactive ketones (excluding diaryl/α,β-unsaturated/α-hetero) is 2. The molecule has 3 aliphatic carbocycles. The number of hydrogen-bond acceptors (Lipinski definition) is 10. The monoisotopic (exact) mass is 548 g/mol. The molecule has 210 valence electrons. The van der Waals surface area contributed by atoms with Crippen molar-refractivity contribution in [3.63, 3.8) is 0 Å². The highest BCUT2D eigenvalue weighted by molar-refractivity contribution is 6.24. The SMILES string of the molecule is CN(C)c1ccc(-c2cc(N)c(O)c3c2C[C@@H]2C[C@H]4C(N(C)C)C(=O)C(C(N)=O)=C(O)[C@@]4(O)C(=O)C2=C3O)cc1. The number of anilines is 2. The molecule has 11 nitrogen and oxygen atoms in total. The van der Waals surface area contributed by atoms with Crippen molar-refractivity contribution in [2.75, 3.05) is 38.8 Å². The fourth-order valence-electron chi connectivity index (χ4n) is 6.53. The predicted octanol–water partition coefficient (Wildman–Crippen LogP) is 1.28.